The molecule has 122 valence electrons. The van der Waals surface area contributed by atoms with Gasteiger partial charge in [0.25, 0.3) is 0 Å². The van der Waals surface area contributed by atoms with Gasteiger partial charge in [-0.3, -0.25) is 9.80 Å². The minimum absolute atomic E-state index is 0.340. The van der Waals surface area contributed by atoms with Gasteiger partial charge in [0.2, 0.25) is 0 Å². The molecule has 1 aliphatic heterocycles. The molecule has 0 spiro atoms. The van der Waals surface area contributed by atoms with Gasteiger partial charge in [-0.15, -0.1) is 0 Å². The summed E-state index contributed by atoms with van der Waals surface area (Å²) in [5, 5.41) is 0. The zero-order valence-electron chi connectivity index (χ0n) is 14.2. The van der Waals surface area contributed by atoms with Crippen LogP contribution in [0.3, 0.4) is 0 Å². The minimum atomic E-state index is 0.340. The van der Waals surface area contributed by atoms with Gasteiger partial charge in [-0.25, -0.2) is 0 Å². The molecule has 1 saturated heterocycles. The Morgan fingerprint density at radius 2 is 1.81 bits per heavy atom. The molecule has 3 heteroatoms. The lowest BCUT2D eigenvalue weighted by Gasteiger charge is -2.52. The van der Waals surface area contributed by atoms with E-state index in [9.17, 15) is 0 Å². The van der Waals surface area contributed by atoms with E-state index in [4.69, 9.17) is 5.73 Å². The lowest BCUT2D eigenvalue weighted by Crippen LogP contribution is -2.62. The molecule has 0 radical (unpaired) electrons. The average Bonchev–Trinajstić information content (AvgIpc) is 3.39. The summed E-state index contributed by atoms with van der Waals surface area (Å²) >= 11 is 0. The molecule has 0 aromatic rings. The third-order valence-electron chi connectivity index (χ3n) is 6.73. The van der Waals surface area contributed by atoms with Crippen LogP contribution in [0.1, 0.15) is 58.8 Å². The van der Waals surface area contributed by atoms with Gasteiger partial charge in [-0.05, 0) is 50.9 Å². The first kappa shape index (κ1) is 15.8. The molecule has 3 aliphatic rings. The Bertz CT molecular complexity index is 333. The first-order valence-electron chi connectivity index (χ1n) is 9.37. The summed E-state index contributed by atoms with van der Waals surface area (Å²) in [6.45, 7) is 10.5. The zero-order chi connectivity index (χ0) is 14.9. The van der Waals surface area contributed by atoms with Gasteiger partial charge in [-0.1, -0.05) is 19.8 Å². The molecule has 3 unspecified atom stereocenters. The summed E-state index contributed by atoms with van der Waals surface area (Å²) in [5.41, 5.74) is 6.66. The highest BCUT2D eigenvalue weighted by Crippen LogP contribution is 2.48. The fraction of sp³-hybridized carbons (Fsp3) is 1.00. The van der Waals surface area contributed by atoms with Crippen LogP contribution in [-0.4, -0.2) is 54.1 Å². The van der Waals surface area contributed by atoms with Gasteiger partial charge in [0.15, 0.2) is 0 Å². The van der Waals surface area contributed by atoms with Crippen LogP contribution in [0, 0.1) is 11.8 Å². The third kappa shape index (κ3) is 3.30. The lowest BCUT2D eigenvalue weighted by atomic mass is 9.72. The summed E-state index contributed by atoms with van der Waals surface area (Å²) in [7, 11) is 0. The highest BCUT2D eigenvalue weighted by molar-refractivity contribution is 5.01. The Morgan fingerprint density at radius 3 is 2.38 bits per heavy atom. The molecular formula is C18H35N3. The molecule has 3 rings (SSSR count). The molecule has 0 aromatic heterocycles. The number of nitrogens with zero attached hydrogens (tertiary/aromatic N) is 2. The third-order valence-corrected chi connectivity index (χ3v) is 6.73. The number of rotatable bonds is 5. The van der Waals surface area contributed by atoms with Gasteiger partial charge in [0.05, 0.1) is 0 Å². The first-order chi connectivity index (χ1) is 10.2. The van der Waals surface area contributed by atoms with E-state index in [1.807, 2.05) is 0 Å². The van der Waals surface area contributed by atoms with E-state index in [-0.39, 0.29) is 0 Å². The summed E-state index contributed by atoms with van der Waals surface area (Å²) < 4.78 is 0. The Hall–Kier alpha value is -0.120. The van der Waals surface area contributed by atoms with Gasteiger partial charge in [0, 0.05) is 44.3 Å². The van der Waals surface area contributed by atoms with E-state index in [2.05, 4.69) is 23.6 Å². The van der Waals surface area contributed by atoms with Crippen LogP contribution in [0.25, 0.3) is 0 Å². The summed E-state index contributed by atoms with van der Waals surface area (Å²) in [6, 6.07) is 0.742. The van der Waals surface area contributed by atoms with Crippen LogP contribution in [0.2, 0.25) is 0 Å². The van der Waals surface area contributed by atoms with E-state index in [0.717, 1.165) is 24.4 Å². The minimum Gasteiger partial charge on any atom is -0.329 e. The largest absolute Gasteiger partial charge is 0.329 e. The normalized spacial score (nSPS) is 37.6. The average molecular weight is 293 g/mol. The molecular weight excluding hydrogens is 258 g/mol. The summed E-state index contributed by atoms with van der Waals surface area (Å²) in [4.78, 5) is 5.45. The van der Waals surface area contributed by atoms with Crippen molar-refractivity contribution in [3.63, 3.8) is 0 Å². The molecule has 3 fully saturated rings. The van der Waals surface area contributed by atoms with Crippen molar-refractivity contribution < 1.29 is 0 Å². The lowest BCUT2D eigenvalue weighted by molar-refractivity contribution is -0.0123. The van der Waals surface area contributed by atoms with Gasteiger partial charge in [-0.2, -0.15) is 0 Å². The van der Waals surface area contributed by atoms with Crippen molar-refractivity contribution in [1.29, 1.82) is 0 Å². The molecule has 3 atom stereocenters. The highest BCUT2D eigenvalue weighted by atomic mass is 15.3. The van der Waals surface area contributed by atoms with Crippen molar-refractivity contribution >= 4 is 0 Å². The van der Waals surface area contributed by atoms with E-state index >= 15 is 0 Å². The SMILES string of the molecule is CCC(C)N1CCN(C2(CN)CCCC(C3CC3)C2)CC1. The number of piperazine rings is 1. The van der Waals surface area contributed by atoms with Crippen LogP contribution in [0.5, 0.6) is 0 Å². The molecule has 2 saturated carbocycles. The zero-order valence-corrected chi connectivity index (χ0v) is 14.2. The van der Waals surface area contributed by atoms with Crippen LogP contribution < -0.4 is 5.73 Å². The number of hydrogen-bond acceptors (Lipinski definition) is 3. The Labute approximate surface area is 131 Å². The second-order valence-electron chi connectivity index (χ2n) is 7.90. The van der Waals surface area contributed by atoms with Crippen LogP contribution in [0.4, 0.5) is 0 Å². The maximum atomic E-state index is 6.32. The van der Waals surface area contributed by atoms with Crippen LogP contribution >= 0.6 is 0 Å². The maximum Gasteiger partial charge on any atom is 0.0335 e. The van der Waals surface area contributed by atoms with Gasteiger partial charge >= 0.3 is 0 Å². The predicted octanol–water partition coefficient (Wildman–Crippen LogP) is 2.70. The smallest absolute Gasteiger partial charge is 0.0335 e. The molecule has 2 aliphatic carbocycles. The van der Waals surface area contributed by atoms with Crippen molar-refractivity contribution in [3.8, 4) is 0 Å². The van der Waals surface area contributed by atoms with E-state index in [0.29, 0.717) is 5.54 Å². The second kappa shape index (κ2) is 6.55. The first-order valence-corrected chi connectivity index (χ1v) is 9.37. The molecule has 21 heavy (non-hydrogen) atoms. The van der Waals surface area contributed by atoms with Gasteiger partial charge in [0.1, 0.15) is 0 Å². The van der Waals surface area contributed by atoms with Crippen molar-refractivity contribution in [2.24, 2.45) is 17.6 Å². The predicted molar refractivity (Wildman–Crippen MR) is 89.4 cm³/mol. The standard InChI is InChI=1S/C18H35N3/c1-3-15(2)20-9-11-21(12-10-20)18(14-19)8-4-5-17(13-18)16-6-7-16/h15-17H,3-14,19H2,1-2H3. The molecule has 1 heterocycles. The Morgan fingerprint density at radius 1 is 1.10 bits per heavy atom. The topological polar surface area (TPSA) is 32.5 Å². The molecule has 0 aromatic carbocycles. The van der Waals surface area contributed by atoms with Crippen LogP contribution in [-0.2, 0) is 0 Å². The number of nitrogens with two attached hydrogens (primary N) is 1. The highest BCUT2D eigenvalue weighted by Gasteiger charge is 2.45. The maximum absolute atomic E-state index is 6.32. The van der Waals surface area contributed by atoms with E-state index < -0.39 is 0 Å². The van der Waals surface area contributed by atoms with Crippen molar-refractivity contribution in [2.75, 3.05) is 32.7 Å². The molecule has 3 nitrogen and oxygen atoms in total. The molecule has 0 amide bonds. The summed E-state index contributed by atoms with van der Waals surface area (Å²) in [6.07, 6.45) is 9.86. The molecule has 0 bridgehead atoms. The Kier molecular flexibility index (Phi) is 4.92. The van der Waals surface area contributed by atoms with E-state index in [1.54, 1.807) is 0 Å². The summed E-state index contributed by atoms with van der Waals surface area (Å²) in [5.74, 6) is 2.03. The fourth-order valence-corrected chi connectivity index (χ4v) is 4.85. The van der Waals surface area contributed by atoms with Gasteiger partial charge < -0.3 is 5.73 Å². The quantitative estimate of drug-likeness (QED) is 0.846. The fourth-order valence-electron chi connectivity index (χ4n) is 4.85. The second-order valence-corrected chi connectivity index (χ2v) is 7.90. The van der Waals surface area contributed by atoms with E-state index in [1.165, 1.54) is 71.1 Å². The Balaban J connectivity index is 1.61. The molecule has 2 N–H and O–H groups in total. The van der Waals surface area contributed by atoms with Crippen molar-refractivity contribution in [3.05, 3.63) is 0 Å². The number of hydrogen-bond donors (Lipinski definition) is 1. The monoisotopic (exact) mass is 293 g/mol. The van der Waals surface area contributed by atoms with Crippen molar-refractivity contribution in [2.45, 2.75) is 70.4 Å². The van der Waals surface area contributed by atoms with Crippen molar-refractivity contribution in [1.82, 2.24) is 9.80 Å². The van der Waals surface area contributed by atoms with Crippen LogP contribution in [0.15, 0.2) is 0 Å².